The van der Waals surface area contributed by atoms with E-state index in [1.165, 1.54) is 6.20 Å². The van der Waals surface area contributed by atoms with Gasteiger partial charge in [0, 0.05) is 17.8 Å². The van der Waals surface area contributed by atoms with E-state index in [0.29, 0.717) is 11.0 Å². The van der Waals surface area contributed by atoms with Gasteiger partial charge in [0.1, 0.15) is 24.0 Å². The quantitative estimate of drug-likeness (QED) is 0.516. The minimum Gasteiger partial charge on any atom is -0.394 e. The smallest absolute Gasteiger partial charge is 0.351 e. The summed E-state index contributed by atoms with van der Waals surface area (Å²) in [6.45, 7) is -0.441. The summed E-state index contributed by atoms with van der Waals surface area (Å²) in [5.41, 5.74) is -0.169. The van der Waals surface area contributed by atoms with E-state index in [4.69, 9.17) is 9.84 Å². The first-order valence-corrected chi connectivity index (χ1v) is 5.80. The van der Waals surface area contributed by atoms with Crippen LogP contribution in [0.15, 0.2) is 23.3 Å². The second kappa shape index (κ2) is 4.42. The Morgan fingerprint density at radius 2 is 2.21 bits per heavy atom. The fraction of sp³-hybridized carbons (Fsp3) is 0.455. The van der Waals surface area contributed by atoms with Crippen molar-refractivity contribution in [2.45, 2.75) is 24.5 Å². The number of aliphatic hydroxyl groups is 3. The van der Waals surface area contributed by atoms with E-state index in [-0.39, 0.29) is 0 Å². The molecule has 3 rings (SSSR count). The molecular weight excluding hydrogens is 254 g/mol. The molecule has 2 aromatic heterocycles. The van der Waals surface area contributed by atoms with E-state index in [9.17, 15) is 15.0 Å². The summed E-state index contributed by atoms with van der Waals surface area (Å²) in [5, 5.41) is 29.3. The van der Waals surface area contributed by atoms with Crippen molar-refractivity contribution in [3.05, 3.63) is 28.9 Å². The maximum atomic E-state index is 11.9. The summed E-state index contributed by atoms with van der Waals surface area (Å²) in [6, 6.07) is 1.72. The van der Waals surface area contributed by atoms with Crippen molar-refractivity contribution in [1.29, 1.82) is 0 Å². The third-order valence-corrected chi connectivity index (χ3v) is 3.25. The number of H-pyrrole nitrogens is 1. The summed E-state index contributed by atoms with van der Waals surface area (Å²) in [5.74, 6) is 0. The molecule has 1 aliphatic heterocycles. The molecule has 3 heterocycles. The average molecular weight is 267 g/mol. The number of aromatic nitrogens is 3. The van der Waals surface area contributed by atoms with Gasteiger partial charge in [-0.2, -0.15) is 4.98 Å². The molecule has 0 radical (unpaired) electrons. The van der Waals surface area contributed by atoms with Gasteiger partial charge in [0.2, 0.25) is 0 Å². The standard InChI is InChI=1S/C11H13N3O5/c15-4-6-7(16)8(17)10(19-6)14-3-5-1-2-12-9(5)13-11(14)18/h1-3,6-8,10,15-17H,4H2,(H,12,13,18)/t6-,7?,8+,10-/m1/s1. The lowest BCUT2D eigenvalue weighted by Crippen LogP contribution is -2.35. The van der Waals surface area contributed by atoms with Crippen LogP contribution in [-0.4, -0.2) is 54.8 Å². The molecule has 4 N–H and O–H groups in total. The van der Waals surface area contributed by atoms with Crippen LogP contribution in [-0.2, 0) is 4.74 Å². The van der Waals surface area contributed by atoms with Crippen molar-refractivity contribution >= 4 is 11.0 Å². The molecule has 0 aliphatic carbocycles. The van der Waals surface area contributed by atoms with E-state index in [1.807, 2.05) is 0 Å². The van der Waals surface area contributed by atoms with Crippen LogP contribution in [0.3, 0.4) is 0 Å². The Morgan fingerprint density at radius 1 is 1.42 bits per heavy atom. The maximum Gasteiger partial charge on any atom is 0.351 e. The minimum absolute atomic E-state index is 0.438. The Bertz CT molecular complexity index is 651. The molecule has 1 aliphatic rings. The van der Waals surface area contributed by atoms with Crippen LogP contribution in [0.4, 0.5) is 0 Å². The highest BCUT2D eigenvalue weighted by Crippen LogP contribution is 2.28. The monoisotopic (exact) mass is 267 g/mol. The lowest BCUT2D eigenvalue weighted by atomic mass is 10.1. The summed E-state index contributed by atoms with van der Waals surface area (Å²) in [4.78, 5) is 18.5. The number of nitrogens with zero attached hydrogens (tertiary/aromatic N) is 2. The second-order valence-electron chi connectivity index (χ2n) is 4.44. The van der Waals surface area contributed by atoms with Crippen molar-refractivity contribution in [2.75, 3.05) is 6.61 Å². The van der Waals surface area contributed by atoms with E-state index >= 15 is 0 Å². The number of hydrogen-bond donors (Lipinski definition) is 4. The summed E-state index contributed by atoms with van der Waals surface area (Å²) in [7, 11) is 0. The predicted molar refractivity (Wildman–Crippen MR) is 63.4 cm³/mol. The third-order valence-electron chi connectivity index (χ3n) is 3.25. The molecule has 0 spiro atoms. The van der Waals surface area contributed by atoms with Crippen LogP contribution in [0.25, 0.3) is 11.0 Å². The van der Waals surface area contributed by atoms with Gasteiger partial charge in [-0.15, -0.1) is 0 Å². The molecule has 8 nitrogen and oxygen atoms in total. The zero-order valence-corrected chi connectivity index (χ0v) is 9.80. The molecule has 1 saturated heterocycles. The number of fused-ring (bicyclic) bond motifs is 1. The number of aliphatic hydroxyl groups excluding tert-OH is 3. The first-order chi connectivity index (χ1) is 9.11. The Labute approximate surface area is 106 Å². The zero-order valence-electron chi connectivity index (χ0n) is 9.80. The molecule has 0 aromatic carbocycles. The topological polar surface area (TPSA) is 121 Å². The molecule has 8 heteroatoms. The molecule has 0 amide bonds. The SMILES string of the molecule is O=c1nc2[nH]ccc2cn1[C@@H]1O[C@H](CO)C(O)[C@@H]1O. The number of ether oxygens (including phenoxy) is 1. The number of hydrogen-bond acceptors (Lipinski definition) is 6. The largest absolute Gasteiger partial charge is 0.394 e. The normalized spacial score (nSPS) is 31.1. The number of rotatable bonds is 2. The van der Waals surface area contributed by atoms with Crippen molar-refractivity contribution < 1.29 is 20.1 Å². The molecule has 19 heavy (non-hydrogen) atoms. The Morgan fingerprint density at radius 3 is 2.89 bits per heavy atom. The van der Waals surface area contributed by atoms with Crippen LogP contribution in [0.2, 0.25) is 0 Å². The molecule has 4 atom stereocenters. The van der Waals surface area contributed by atoms with Crippen LogP contribution in [0, 0.1) is 0 Å². The molecule has 2 aromatic rings. The van der Waals surface area contributed by atoms with Crippen molar-refractivity contribution in [3.8, 4) is 0 Å². The van der Waals surface area contributed by atoms with E-state index in [1.54, 1.807) is 12.3 Å². The van der Waals surface area contributed by atoms with Crippen LogP contribution in [0.1, 0.15) is 6.23 Å². The first-order valence-electron chi connectivity index (χ1n) is 5.80. The molecule has 102 valence electrons. The van der Waals surface area contributed by atoms with Crippen LogP contribution >= 0.6 is 0 Å². The highest BCUT2D eigenvalue weighted by molar-refractivity contribution is 5.73. The maximum absolute atomic E-state index is 11.9. The Kier molecular flexibility index (Phi) is 2.86. The lowest BCUT2D eigenvalue weighted by Gasteiger charge is -2.16. The summed E-state index contributed by atoms with van der Waals surface area (Å²) < 4.78 is 6.40. The van der Waals surface area contributed by atoms with E-state index < -0.39 is 36.8 Å². The van der Waals surface area contributed by atoms with E-state index in [2.05, 4.69) is 9.97 Å². The highest BCUT2D eigenvalue weighted by Gasteiger charge is 2.43. The molecular formula is C11H13N3O5. The van der Waals surface area contributed by atoms with Crippen molar-refractivity contribution in [2.24, 2.45) is 0 Å². The van der Waals surface area contributed by atoms with Crippen molar-refractivity contribution in [3.63, 3.8) is 0 Å². The van der Waals surface area contributed by atoms with Gasteiger partial charge in [0.15, 0.2) is 6.23 Å². The van der Waals surface area contributed by atoms with Gasteiger partial charge in [0.25, 0.3) is 0 Å². The van der Waals surface area contributed by atoms with E-state index in [0.717, 1.165) is 4.57 Å². The summed E-state index contributed by atoms with van der Waals surface area (Å²) in [6.07, 6.45) is -1.41. The molecule has 1 fully saturated rings. The molecule has 0 bridgehead atoms. The minimum atomic E-state index is -1.30. The van der Waals surface area contributed by atoms with Crippen molar-refractivity contribution in [1.82, 2.24) is 14.5 Å². The van der Waals surface area contributed by atoms with Crippen LogP contribution in [0.5, 0.6) is 0 Å². The zero-order chi connectivity index (χ0) is 13.6. The number of aromatic amines is 1. The van der Waals surface area contributed by atoms with Gasteiger partial charge in [0.05, 0.1) is 6.61 Å². The second-order valence-corrected chi connectivity index (χ2v) is 4.44. The Balaban J connectivity index is 2.04. The van der Waals surface area contributed by atoms with Crippen LogP contribution < -0.4 is 5.69 Å². The first kappa shape index (κ1) is 12.3. The lowest BCUT2D eigenvalue weighted by molar-refractivity contribution is -0.0547. The predicted octanol–water partition coefficient (Wildman–Crippen LogP) is -1.66. The summed E-state index contributed by atoms with van der Waals surface area (Å²) >= 11 is 0. The molecule has 0 saturated carbocycles. The fourth-order valence-corrected chi connectivity index (χ4v) is 2.22. The van der Waals surface area contributed by atoms with Gasteiger partial charge in [-0.05, 0) is 6.07 Å². The van der Waals surface area contributed by atoms with Gasteiger partial charge < -0.3 is 25.0 Å². The van der Waals surface area contributed by atoms with Gasteiger partial charge >= 0.3 is 5.69 Å². The van der Waals surface area contributed by atoms with Gasteiger partial charge in [-0.25, -0.2) is 4.79 Å². The number of nitrogens with one attached hydrogen (secondary N) is 1. The highest BCUT2D eigenvalue weighted by atomic mass is 16.6. The van der Waals surface area contributed by atoms with Gasteiger partial charge in [-0.1, -0.05) is 0 Å². The average Bonchev–Trinajstić information content (AvgIpc) is 2.95. The Hall–Kier alpha value is -1.74. The molecule has 1 unspecified atom stereocenters. The van der Waals surface area contributed by atoms with Gasteiger partial charge in [-0.3, -0.25) is 4.57 Å². The third kappa shape index (κ3) is 1.85. The fourth-order valence-electron chi connectivity index (χ4n) is 2.22.